The zero-order chi connectivity index (χ0) is 15.8. The number of nitro benzene ring substituents is 1. The predicted octanol–water partition coefficient (Wildman–Crippen LogP) is 1.02. The Bertz CT molecular complexity index is 545. The van der Waals surface area contributed by atoms with Gasteiger partial charge in [-0.3, -0.25) is 19.7 Å². The van der Waals surface area contributed by atoms with Crippen LogP contribution in [0.25, 0.3) is 0 Å². The highest BCUT2D eigenvalue weighted by molar-refractivity contribution is 5.96. The molecule has 0 aliphatic rings. The van der Waals surface area contributed by atoms with Crippen molar-refractivity contribution in [1.82, 2.24) is 5.32 Å². The van der Waals surface area contributed by atoms with Crippen LogP contribution in [0, 0.1) is 10.1 Å². The van der Waals surface area contributed by atoms with E-state index in [1.165, 1.54) is 18.2 Å². The summed E-state index contributed by atoms with van der Waals surface area (Å²) in [4.78, 5) is 32.9. The van der Waals surface area contributed by atoms with Crippen LogP contribution in [0.5, 0.6) is 0 Å². The highest BCUT2D eigenvalue weighted by Crippen LogP contribution is 2.25. The number of anilines is 1. The molecule has 0 aliphatic heterocycles. The van der Waals surface area contributed by atoms with Crippen molar-refractivity contribution in [2.75, 3.05) is 18.4 Å². The van der Waals surface area contributed by atoms with Crippen LogP contribution in [0.3, 0.4) is 0 Å². The maximum Gasteiger partial charge on any atom is 0.292 e. The third-order valence-corrected chi connectivity index (χ3v) is 2.68. The predicted molar refractivity (Wildman–Crippen MR) is 78.0 cm³/mol. The third-order valence-electron chi connectivity index (χ3n) is 2.68. The van der Waals surface area contributed by atoms with Crippen LogP contribution in [0.4, 0.5) is 11.4 Å². The topological polar surface area (TPSA) is 127 Å². The molecule has 0 bridgehead atoms. The quantitative estimate of drug-likeness (QED) is 0.487. The second-order valence-corrected chi connectivity index (χ2v) is 4.39. The molecule has 21 heavy (non-hydrogen) atoms. The fourth-order valence-electron chi connectivity index (χ4n) is 1.64. The van der Waals surface area contributed by atoms with Crippen molar-refractivity contribution in [2.45, 2.75) is 19.8 Å². The molecule has 0 unspecified atom stereocenters. The summed E-state index contributed by atoms with van der Waals surface area (Å²) in [5, 5.41) is 16.4. The van der Waals surface area contributed by atoms with Crippen molar-refractivity contribution in [3.8, 4) is 0 Å². The molecule has 0 radical (unpaired) electrons. The number of carbonyl (C=O) groups is 2. The zero-order valence-electron chi connectivity index (χ0n) is 11.7. The maximum atomic E-state index is 11.9. The molecule has 4 N–H and O–H groups in total. The van der Waals surface area contributed by atoms with Gasteiger partial charge in [-0.25, -0.2) is 0 Å². The number of primary amides is 1. The van der Waals surface area contributed by atoms with Crippen LogP contribution >= 0.6 is 0 Å². The molecule has 0 saturated carbocycles. The number of nitrogens with one attached hydrogen (secondary N) is 2. The summed E-state index contributed by atoms with van der Waals surface area (Å²) in [6, 6.07) is 4.07. The van der Waals surface area contributed by atoms with E-state index < -0.39 is 16.7 Å². The lowest BCUT2D eigenvalue weighted by Gasteiger charge is -2.08. The molecule has 1 aromatic rings. The summed E-state index contributed by atoms with van der Waals surface area (Å²) in [5.41, 5.74) is 5.47. The summed E-state index contributed by atoms with van der Waals surface area (Å²) in [6.45, 7) is 2.62. The number of amides is 2. The molecule has 1 aromatic carbocycles. The second kappa shape index (κ2) is 7.83. The van der Waals surface area contributed by atoms with Gasteiger partial charge in [-0.15, -0.1) is 0 Å². The van der Waals surface area contributed by atoms with Crippen LogP contribution in [0.1, 0.15) is 30.1 Å². The Morgan fingerprint density at radius 3 is 2.62 bits per heavy atom. The van der Waals surface area contributed by atoms with Gasteiger partial charge in [-0.2, -0.15) is 0 Å². The standard InChI is InChI=1S/C13H18N4O4/c1-2-6-15-10-8-9(3-4-11(10)17(20)21)13(19)16-7-5-12(14)18/h3-4,8,15H,2,5-7H2,1H3,(H2,14,18)(H,16,19). The zero-order valence-corrected chi connectivity index (χ0v) is 11.7. The second-order valence-electron chi connectivity index (χ2n) is 4.39. The van der Waals surface area contributed by atoms with E-state index in [-0.39, 0.29) is 24.2 Å². The maximum absolute atomic E-state index is 11.9. The average Bonchev–Trinajstić information content (AvgIpc) is 2.44. The fourth-order valence-corrected chi connectivity index (χ4v) is 1.64. The highest BCUT2D eigenvalue weighted by atomic mass is 16.6. The lowest BCUT2D eigenvalue weighted by Crippen LogP contribution is -2.27. The van der Waals surface area contributed by atoms with Crippen LogP contribution in [-0.4, -0.2) is 29.8 Å². The molecular weight excluding hydrogens is 276 g/mol. The van der Waals surface area contributed by atoms with E-state index in [1.54, 1.807) is 0 Å². The van der Waals surface area contributed by atoms with E-state index in [0.717, 1.165) is 6.42 Å². The van der Waals surface area contributed by atoms with E-state index in [4.69, 9.17) is 5.73 Å². The molecule has 114 valence electrons. The number of carbonyl (C=O) groups excluding carboxylic acids is 2. The first kappa shape index (κ1) is 16.4. The Hall–Kier alpha value is -2.64. The number of rotatable bonds is 8. The van der Waals surface area contributed by atoms with Crippen LogP contribution in [-0.2, 0) is 4.79 Å². The number of hydrogen-bond donors (Lipinski definition) is 3. The molecule has 0 saturated heterocycles. The van der Waals surface area contributed by atoms with Crippen molar-refractivity contribution >= 4 is 23.2 Å². The van der Waals surface area contributed by atoms with Crippen molar-refractivity contribution in [3.05, 3.63) is 33.9 Å². The molecule has 2 amide bonds. The molecule has 0 heterocycles. The lowest BCUT2D eigenvalue weighted by molar-refractivity contribution is -0.384. The van der Waals surface area contributed by atoms with Crippen molar-refractivity contribution in [3.63, 3.8) is 0 Å². The molecule has 8 nitrogen and oxygen atoms in total. The first-order chi connectivity index (χ1) is 9.95. The van der Waals surface area contributed by atoms with E-state index >= 15 is 0 Å². The van der Waals surface area contributed by atoms with E-state index in [0.29, 0.717) is 12.2 Å². The van der Waals surface area contributed by atoms with Gasteiger partial charge in [-0.1, -0.05) is 6.92 Å². The van der Waals surface area contributed by atoms with Gasteiger partial charge in [0, 0.05) is 31.1 Å². The Morgan fingerprint density at radius 2 is 2.05 bits per heavy atom. The summed E-state index contributed by atoms with van der Waals surface area (Å²) < 4.78 is 0. The fraction of sp³-hybridized carbons (Fsp3) is 0.385. The lowest BCUT2D eigenvalue weighted by atomic mass is 10.1. The Balaban J connectivity index is 2.85. The normalized spacial score (nSPS) is 9.95. The average molecular weight is 294 g/mol. The number of nitrogens with zero attached hydrogens (tertiary/aromatic N) is 1. The molecule has 8 heteroatoms. The third kappa shape index (κ3) is 5.09. The highest BCUT2D eigenvalue weighted by Gasteiger charge is 2.16. The Labute approximate surface area is 121 Å². The molecule has 0 spiro atoms. The summed E-state index contributed by atoms with van der Waals surface area (Å²) in [5.74, 6) is -0.921. The van der Waals surface area contributed by atoms with Crippen LogP contribution < -0.4 is 16.4 Å². The molecule has 0 aromatic heterocycles. The Kier molecular flexibility index (Phi) is 6.12. The minimum Gasteiger partial charge on any atom is -0.379 e. The smallest absolute Gasteiger partial charge is 0.292 e. The minimum atomic E-state index is -0.510. The summed E-state index contributed by atoms with van der Waals surface area (Å²) in [6.07, 6.45) is 0.839. The number of benzene rings is 1. The van der Waals surface area contributed by atoms with Gasteiger partial charge in [0.05, 0.1) is 4.92 Å². The van der Waals surface area contributed by atoms with Gasteiger partial charge >= 0.3 is 0 Å². The first-order valence-electron chi connectivity index (χ1n) is 6.54. The van der Waals surface area contributed by atoms with Gasteiger partial charge in [0.15, 0.2) is 0 Å². The Morgan fingerprint density at radius 1 is 1.33 bits per heavy atom. The number of hydrogen-bond acceptors (Lipinski definition) is 5. The monoisotopic (exact) mass is 294 g/mol. The van der Waals surface area contributed by atoms with Crippen LogP contribution in [0.2, 0.25) is 0 Å². The molecule has 0 fully saturated rings. The number of nitro groups is 1. The van der Waals surface area contributed by atoms with Gasteiger partial charge in [0.1, 0.15) is 5.69 Å². The van der Waals surface area contributed by atoms with Crippen molar-refractivity contribution < 1.29 is 14.5 Å². The first-order valence-corrected chi connectivity index (χ1v) is 6.54. The van der Waals surface area contributed by atoms with E-state index in [2.05, 4.69) is 10.6 Å². The molecule has 1 rings (SSSR count). The SMILES string of the molecule is CCCNc1cc(C(=O)NCCC(N)=O)ccc1[N+](=O)[O-]. The van der Waals surface area contributed by atoms with Gasteiger partial charge in [0.25, 0.3) is 11.6 Å². The van der Waals surface area contributed by atoms with E-state index in [9.17, 15) is 19.7 Å². The van der Waals surface area contributed by atoms with E-state index in [1.807, 2.05) is 6.92 Å². The molecule has 0 atom stereocenters. The minimum absolute atomic E-state index is 0.0413. The number of nitrogens with two attached hydrogens (primary N) is 1. The van der Waals surface area contributed by atoms with Crippen molar-refractivity contribution in [1.29, 1.82) is 0 Å². The molecular formula is C13H18N4O4. The summed E-state index contributed by atoms with van der Waals surface area (Å²) in [7, 11) is 0. The van der Waals surface area contributed by atoms with Gasteiger partial charge in [0.2, 0.25) is 5.91 Å². The van der Waals surface area contributed by atoms with Crippen LogP contribution in [0.15, 0.2) is 18.2 Å². The largest absolute Gasteiger partial charge is 0.379 e. The van der Waals surface area contributed by atoms with Gasteiger partial charge in [-0.05, 0) is 18.6 Å². The van der Waals surface area contributed by atoms with Gasteiger partial charge < -0.3 is 16.4 Å². The summed E-state index contributed by atoms with van der Waals surface area (Å²) >= 11 is 0. The molecule has 0 aliphatic carbocycles. The van der Waals surface area contributed by atoms with Crippen molar-refractivity contribution in [2.24, 2.45) is 5.73 Å².